The van der Waals surface area contributed by atoms with Gasteiger partial charge in [0.15, 0.2) is 0 Å². The number of hydrogen-bond acceptors (Lipinski definition) is 6. The number of amides is 1. The predicted octanol–water partition coefficient (Wildman–Crippen LogP) is -0.284. The fourth-order valence-electron chi connectivity index (χ4n) is 1.69. The molecule has 0 unspecified atom stereocenters. The molecule has 0 fully saturated rings. The largest absolute Gasteiger partial charge is 0.372 e. The van der Waals surface area contributed by atoms with Crippen molar-refractivity contribution in [1.82, 2.24) is 36.0 Å². The van der Waals surface area contributed by atoms with Crippen LogP contribution in [-0.4, -0.2) is 47.4 Å². The molecule has 0 atom stereocenters. The Balaban J connectivity index is 2.73. The highest BCUT2D eigenvalue weighted by Crippen LogP contribution is 2.03. The lowest BCUT2D eigenvalue weighted by Gasteiger charge is -2.10. The topological polar surface area (TPSA) is 95.9 Å². The first-order chi connectivity index (χ1) is 10.1. The lowest BCUT2D eigenvalue weighted by Crippen LogP contribution is -2.32. The van der Waals surface area contributed by atoms with Crippen molar-refractivity contribution in [2.24, 2.45) is 0 Å². The zero-order valence-corrected chi connectivity index (χ0v) is 12.7. The maximum Gasteiger partial charge on any atom is 0.291 e. The Morgan fingerprint density at radius 3 is 2.86 bits per heavy atom. The summed E-state index contributed by atoms with van der Waals surface area (Å²) in [6, 6.07) is 0. The highest BCUT2D eigenvalue weighted by atomic mass is 16.2. The highest BCUT2D eigenvalue weighted by molar-refractivity contribution is 5.90. The summed E-state index contributed by atoms with van der Waals surface area (Å²) in [5, 5.41) is 16.0. The monoisotopic (exact) mass is 293 g/mol. The molecule has 0 radical (unpaired) electrons. The Labute approximate surface area is 124 Å². The van der Waals surface area contributed by atoms with Gasteiger partial charge < -0.3 is 21.3 Å². The summed E-state index contributed by atoms with van der Waals surface area (Å²) in [5.74, 6) is 0.524. The van der Waals surface area contributed by atoms with Gasteiger partial charge in [0.05, 0.1) is 5.70 Å². The van der Waals surface area contributed by atoms with Crippen molar-refractivity contribution < 1.29 is 4.79 Å². The third-order valence-electron chi connectivity index (χ3n) is 2.67. The molecule has 0 spiro atoms. The van der Waals surface area contributed by atoms with Crippen molar-refractivity contribution in [3.05, 3.63) is 30.6 Å². The number of allylic oxidation sites excluding steroid dienone is 1. The van der Waals surface area contributed by atoms with Crippen LogP contribution in [0.4, 0.5) is 0 Å². The lowest BCUT2D eigenvalue weighted by molar-refractivity contribution is 0.0943. The van der Waals surface area contributed by atoms with Gasteiger partial charge in [0.2, 0.25) is 5.82 Å². The Bertz CT molecular complexity index is 506. The molecule has 0 saturated carbocycles. The number of carbonyl (C=O) groups excluding carboxylic acids is 1. The minimum atomic E-state index is -0.295. The van der Waals surface area contributed by atoms with E-state index in [0.717, 1.165) is 12.2 Å². The average Bonchev–Trinajstić information content (AvgIpc) is 2.94. The van der Waals surface area contributed by atoms with Crippen LogP contribution in [-0.2, 0) is 0 Å². The Hall–Kier alpha value is -2.35. The van der Waals surface area contributed by atoms with Gasteiger partial charge in [-0.15, -0.1) is 5.10 Å². The van der Waals surface area contributed by atoms with E-state index in [4.69, 9.17) is 0 Å². The molecule has 8 heteroatoms. The molecule has 0 saturated heterocycles. The third kappa shape index (κ3) is 4.92. The number of nitrogens with zero attached hydrogens (tertiary/aromatic N) is 3. The highest BCUT2D eigenvalue weighted by Gasteiger charge is 2.13. The van der Waals surface area contributed by atoms with Gasteiger partial charge in [0, 0.05) is 20.1 Å². The van der Waals surface area contributed by atoms with Gasteiger partial charge >= 0.3 is 0 Å². The van der Waals surface area contributed by atoms with Gasteiger partial charge in [0.25, 0.3) is 5.91 Å². The van der Waals surface area contributed by atoms with Gasteiger partial charge in [-0.2, -0.15) is 0 Å². The SMILES string of the molecule is C=CN/C(C)=C(/NC)n1cnc(C(=O)NCCNCC)n1. The van der Waals surface area contributed by atoms with Crippen LogP contribution in [0.25, 0.3) is 5.82 Å². The van der Waals surface area contributed by atoms with Gasteiger partial charge in [-0.05, 0) is 19.7 Å². The zero-order valence-electron chi connectivity index (χ0n) is 12.7. The standard InChI is InChI=1S/C13H23N7O/c1-5-15-7-8-17-13(21)11-18-9-20(19-11)12(14-4)10(3)16-6-2/h6,9,14-16H,2,5,7-8H2,1,3-4H3,(H,17,21)/b12-10-. The molecular formula is C13H23N7O. The van der Waals surface area contributed by atoms with Crippen LogP contribution in [0.2, 0.25) is 0 Å². The molecule has 1 aromatic heterocycles. The zero-order chi connectivity index (χ0) is 15.7. The molecule has 1 rings (SSSR count). The second-order valence-electron chi connectivity index (χ2n) is 4.19. The van der Waals surface area contributed by atoms with E-state index in [0.29, 0.717) is 18.9 Å². The molecule has 116 valence electrons. The van der Waals surface area contributed by atoms with Crippen LogP contribution >= 0.6 is 0 Å². The lowest BCUT2D eigenvalue weighted by atomic mass is 10.4. The second kappa shape index (κ2) is 8.75. The summed E-state index contributed by atoms with van der Waals surface area (Å²) in [4.78, 5) is 15.9. The molecule has 8 nitrogen and oxygen atoms in total. The maximum absolute atomic E-state index is 11.9. The van der Waals surface area contributed by atoms with Crippen LogP contribution in [0.1, 0.15) is 24.5 Å². The quantitative estimate of drug-likeness (QED) is 0.468. The molecule has 0 aliphatic carbocycles. The van der Waals surface area contributed by atoms with E-state index in [1.54, 1.807) is 13.2 Å². The first kappa shape index (κ1) is 16.7. The first-order valence-corrected chi connectivity index (χ1v) is 6.81. The summed E-state index contributed by atoms with van der Waals surface area (Å²) in [7, 11) is 1.77. The van der Waals surface area contributed by atoms with Crippen LogP contribution in [0, 0.1) is 0 Å². The average molecular weight is 293 g/mol. The van der Waals surface area contributed by atoms with Crippen molar-refractivity contribution in [2.45, 2.75) is 13.8 Å². The molecule has 0 aliphatic rings. The van der Waals surface area contributed by atoms with Crippen LogP contribution in [0.5, 0.6) is 0 Å². The number of rotatable bonds is 9. The van der Waals surface area contributed by atoms with E-state index in [2.05, 4.69) is 37.9 Å². The normalized spacial score (nSPS) is 11.6. The number of nitrogens with one attached hydrogen (secondary N) is 4. The van der Waals surface area contributed by atoms with Gasteiger partial charge in [-0.1, -0.05) is 13.5 Å². The van der Waals surface area contributed by atoms with Crippen LogP contribution in [0.3, 0.4) is 0 Å². The molecule has 0 bridgehead atoms. The number of aromatic nitrogens is 3. The van der Waals surface area contributed by atoms with E-state index in [-0.39, 0.29) is 11.7 Å². The number of likely N-dealkylation sites (N-methyl/N-ethyl adjacent to an activating group) is 1. The molecule has 4 N–H and O–H groups in total. The molecule has 0 aliphatic heterocycles. The van der Waals surface area contributed by atoms with Gasteiger partial charge in [-0.25, -0.2) is 9.67 Å². The van der Waals surface area contributed by atoms with E-state index in [9.17, 15) is 4.79 Å². The Morgan fingerprint density at radius 2 is 2.24 bits per heavy atom. The summed E-state index contributed by atoms with van der Waals surface area (Å²) < 4.78 is 1.50. The fraction of sp³-hybridized carbons (Fsp3) is 0.462. The number of hydrogen-bond donors (Lipinski definition) is 4. The summed E-state index contributed by atoms with van der Waals surface area (Å²) >= 11 is 0. The van der Waals surface area contributed by atoms with Crippen molar-refractivity contribution in [3.8, 4) is 0 Å². The van der Waals surface area contributed by atoms with E-state index >= 15 is 0 Å². The molecule has 1 heterocycles. The van der Waals surface area contributed by atoms with E-state index in [1.807, 2.05) is 13.8 Å². The van der Waals surface area contributed by atoms with E-state index in [1.165, 1.54) is 11.0 Å². The first-order valence-electron chi connectivity index (χ1n) is 6.81. The molecule has 1 aromatic rings. The fourth-order valence-corrected chi connectivity index (χ4v) is 1.69. The number of carbonyl (C=O) groups is 1. The van der Waals surface area contributed by atoms with Gasteiger partial charge in [-0.3, -0.25) is 4.79 Å². The smallest absolute Gasteiger partial charge is 0.291 e. The third-order valence-corrected chi connectivity index (χ3v) is 2.67. The van der Waals surface area contributed by atoms with Crippen molar-refractivity contribution >= 4 is 11.7 Å². The summed E-state index contributed by atoms with van der Waals surface area (Å²) in [6.07, 6.45) is 3.05. The van der Waals surface area contributed by atoms with Gasteiger partial charge in [0.1, 0.15) is 12.1 Å². The van der Waals surface area contributed by atoms with Crippen molar-refractivity contribution in [3.63, 3.8) is 0 Å². The van der Waals surface area contributed by atoms with Crippen molar-refractivity contribution in [2.75, 3.05) is 26.7 Å². The second-order valence-corrected chi connectivity index (χ2v) is 4.19. The molecule has 0 aromatic carbocycles. The molecular weight excluding hydrogens is 270 g/mol. The Morgan fingerprint density at radius 1 is 1.48 bits per heavy atom. The minimum Gasteiger partial charge on any atom is -0.372 e. The van der Waals surface area contributed by atoms with Crippen LogP contribution < -0.4 is 21.3 Å². The molecule has 1 amide bonds. The summed E-state index contributed by atoms with van der Waals surface area (Å²) in [5.41, 5.74) is 0.816. The van der Waals surface area contributed by atoms with E-state index < -0.39 is 0 Å². The predicted molar refractivity (Wildman–Crippen MR) is 82.2 cm³/mol. The van der Waals surface area contributed by atoms with Crippen molar-refractivity contribution in [1.29, 1.82) is 0 Å². The summed E-state index contributed by atoms with van der Waals surface area (Å²) in [6.45, 7) is 9.60. The molecule has 21 heavy (non-hydrogen) atoms. The maximum atomic E-state index is 11.9. The minimum absolute atomic E-state index is 0.130. The van der Waals surface area contributed by atoms with Crippen LogP contribution in [0.15, 0.2) is 24.8 Å². The Kier molecular flexibility index (Phi) is 6.96.